The maximum atomic E-state index is 12.8. The minimum Gasteiger partial charge on any atom is -0.462 e. The van der Waals surface area contributed by atoms with E-state index in [4.69, 9.17) is 14.2 Å². The standard InChI is InChI=1S/C63H92O6/c1-4-7-10-13-16-19-22-25-28-31-34-37-40-43-46-49-52-55-61(64)67-58-60(69-63(66)57-54-51-48-45-42-39-36-33-30-27-24-21-18-15-12-9-6-3)59-68-62(65)56-53-50-47-44-41-38-35-32-29-26-23-20-17-14-11-8-5-2/h7,9-10,12-13,15-16,18-19,21-22,24-31,33-40,42,44,47,60H,4-6,8,11,14,17,20,23,32,41,43,45-46,48-59H2,1-3H3/b10-7-,12-9-,16-13-,18-15-,22-19-,24-21-,28-25-,29-26-,30-27-,34-31+,36-33+,38-35-,40-37-,42-39-,47-44-. The summed E-state index contributed by atoms with van der Waals surface area (Å²) >= 11 is 0. The Kier molecular flexibility index (Phi) is 50.7. The summed E-state index contributed by atoms with van der Waals surface area (Å²) < 4.78 is 16.7. The van der Waals surface area contributed by atoms with Gasteiger partial charge in [-0.15, -0.1) is 0 Å². The van der Waals surface area contributed by atoms with Crippen LogP contribution in [-0.4, -0.2) is 37.2 Å². The van der Waals surface area contributed by atoms with Gasteiger partial charge in [0.25, 0.3) is 0 Å². The summed E-state index contributed by atoms with van der Waals surface area (Å²) in [4.78, 5) is 38.0. The van der Waals surface area contributed by atoms with Crippen molar-refractivity contribution in [2.45, 2.75) is 181 Å². The molecule has 0 fully saturated rings. The second-order valence-electron chi connectivity index (χ2n) is 16.6. The van der Waals surface area contributed by atoms with E-state index in [1.165, 1.54) is 44.9 Å². The Morgan fingerprint density at radius 3 is 1.07 bits per heavy atom. The normalized spacial score (nSPS) is 13.6. The highest BCUT2D eigenvalue weighted by molar-refractivity contribution is 5.71. The molecule has 0 bridgehead atoms. The van der Waals surface area contributed by atoms with Crippen molar-refractivity contribution in [1.29, 1.82) is 0 Å². The zero-order valence-electron chi connectivity index (χ0n) is 43.2. The fourth-order valence-electron chi connectivity index (χ4n) is 6.28. The van der Waals surface area contributed by atoms with Crippen molar-refractivity contribution < 1.29 is 28.6 Å². The first-order valence-electron chi connectivity index (χ1n) is 26.5. The Bertz CT molecular complexity index is 1700. The predicted molar refractivity (Wildman–Crippen MR) is 297 cm³/mol. The van der Waals surface area contributed by atoms with E-state index in [1.807, 2.05) is 122 Å². The molecule has 0 aliphatic rings. The highest BCUT2D eigenvalue weighted by Crippen LogP contribution is 2.11. The highest BCUT2D eigenvalue weighted by Gasteiger charge is 2.19. The van der Waals surface area contributed by atoms with E-state index in [1.54, 1.807) is 0 Å². The van der Waals surface area contributed by atoms with Gasteiger partial charge in [0.05, 0.1) is 0 Å². The SMILES string of the molecule is CC\C=C/C=C\C=C/C=C\C=C\C=C/CCCCCC(=O)OCC(COC(=O)CCC/C=C\C/C=C\C/C=C\CCCCCCCC)OC(=O)CCCCC\C=C/C=C/C=C\C=C/C=C\C=C/CC. The zero-order chi connectivity index (χ0) is 50.0. The van der Waals surface area contributed by atoms with Crippen LogP contribution in [0.25, 0.3) is 0 Å². The molecular formula is C63H92O6. The van der Waals surface area contributed by atoms with E-state index < -0.39 is 6.10 Å². The molecule has 0 aromatic carbocycles. The van der Waals surface area contributed by atoms with Crippen LogP contribution in [0.3, 0.4) is 0 Å². The summed E-state index contributed by atoms with van der Waals surface area (Å²) in [6.45, 7) is 6.19. The highest BCUT2D eigenvalue weighted by atomic mass is 16.6. The number of unbranched alkanes of at least 4 members (excludes halogenated alkanes) is 13. The number of carbonyl (C=O) groups excluding carboxylic acids is 3. The first-order chi connectivity index (χ1) is 34.0. The molecule has 0 aromatic rings. The van der Waals surface area contributed by atoms with E-state index in [-0.39, 0.29) is 50.4 Å². The molecule has 0 spiro atoms. The summed E-state index contributed by atoms with van der Waals surface area (Å²) in [6, 6.07) is 0. The molecule has 380 valence electrons. The number of carbonyl (C=O) groups is 3. The lowest BCUT2D eigenvalue weighted by Crippen LogP contribution is -2.30. The minimum atomic E-state index is -0.852. The molecule has 0 saturated carbocycles. The lowest BCUT2D eigenvalue weighted by Gasteiger charge is -2.18. The molecule has 6 heteroatoms. The largest absolute Gasteiger partial charge is 0.462 e. The van der Waals surface area contributed by atoms with Gasteiger partial charge in [-0.2, -0.15) is 0 Å². The summed E-state index contributed by atoms with van der Waals surface area (Å²) in [5, 5.41) is 0. The first kappa shape index (κ1) is 63.5. The van der Waals surface area contributed by atoms with Gasteiger partial charge in [-0.05, 0) is 89.9 Å². The summed E-state index contributed by atoms with van der Waals surface area (Å²) in [7, 11) is 0. The average molecular weight is 945 g/mol. The number of hydrogen-bond acceptors (Lipinski definition) is 6. The van der Waals surface area contributed by atoms with Gasteiger partial charge >= 0.3 is 17.9 Å². The number of rotatable bonds is 44. The molecule has 0 saturated heterocycles. The lowest BCUT2D eigenvalue weighted by atomic mass is 10.1. The Balaban J connectivity index is 4.70. The molecule has 0 rings (SSSR count). The number of allylic oxidation sites excluding steroid dienone is 30. The van der Waals surface area contributed by atoms with Crippen molar-refractivity contribution in [2.24, 2.45) is 0 Å². The summed E-state index contributed by atoms with van der Waals surface area (Å²) in [5.41, 5.74) is 0. The molecule has 1 unspecified atom stereocenters. The molecule has 6 nitrogen and oxygen atoms in total. The molecule has 1 atom stereocenters. The molecule has 0 amide bonds. The first-order valence-corrected chi connectivity index (χ1v) is 26.5. The average Bonchev–Trinajstić information content (AvgIpc) is 3.35. The van der Waals surface area contributed by atoms with Gasteiger partial charge in [-0.25, -0.2) is 0 Å². The van der Waals surface area contributed by atoms with E-state index in [0.29, 0.717) is 19.3 Å². The van der Waals surface area contributed by atoms with Gasteiger partial charge in [0, 0.05) is 19.3 Å². The number of hydrogen-bond donors (Lipinski definition) is 0. The molecule has 0 N–H and O–H groups in total. The Morgan fingerprint density at radius 1 is 0.319 bits per heavy atom. The molecule has 0 heterocycles. The molecule has 69 heavy (non-hydrogen) atoms. The summed E-state index contributed by atoms with van der Waals surface area (Å²) in [5.74, 6) is -1.10. The van der Waals surface area contributed by atoms with Crippen LogP contribution in [0.1, 0.15) is 175 Å². The van der Waals surface area contributed by atoms with E-state index in [9.17, 15) is 14.4 Å². The predicted octanol–water partition coefficient (Wildman–Crippen LogP) is 17.7. The van der Waals surface area contributed by atoms with Gasteiger partial charge in [-0.3, -0.25) is 14.4 Å². The van der Waals surface area contributed by atoms with Gasteiger partial charge < -0.3 is 14.2 Å². The zero-order valence-corrected chi connectivity index (χ0v) is 43.2. The van der Waals surface area contributed by atoms with Crippen LogP contribution >= 0.6 is 0 Å². The van der Waals surface area contributed by atoms with Crippen LogP contribution < -0.4 is 0 Å². The molecule has 0 aliphatic carbocycles. The van der Waals surface area contributed by atoms with E-state index in [2.05, 4.69) is 81.5 Å². The minimum absolute atomic E-state index is 0.146. The number of esters is 3. The molecular weight excluding hydrogens is 853 g/mol. The second-order valence-corrected chi connectivity index (χ2v) is 16.6. The lowest BCUT2D eigenvalue weighted by molar-refractivity contribution is -0.167. The van der Waals surface area contributed by atoms with Crippen molar-refractivity contribution in [2.75, 3.05) is 13.2 Å². The van der Waals surface area contributed by atoms with Crippen LogP contribution in [-0.2, 0) is 28.6 Å². The monoisotopic (exact) mass is 945 g/mol. The van der Waals surface area contributed by atoms with Crippen LogP contribution in [0.5, 0.6) is 0 Å². The summed E-state index contributed by atoms with van der Waals surface area (Å²) in [6.07, 6.45) is 83.0. The van der Waals surface area contributed by atoms with Crippen LogP contribution in [0.4, 0.5) is 0 Å². The van der Waals surface area contributed by atoms with Gasteiger partial charge in [0.15, 0.2) is 6.10 Å². The van der Waals surface area contributed by atoms with Gasteiger partial charge in [-0.1, -0.05) is 248 Å². The third kappa shape index (κ3) is 53.3. The smallest absolute Gasteiger partial charge is 0.306 e. The van der Waals surface area contributed by atoms with Crippen LogP contribution in [0, 0.1) is 0 Å². The maximum Gasteiger partial charge on any atom is 0.306 e. The van der Waals surface area contributed by atoms with Gasteiger partial charge in [0.2, 0.25) is 0 Å². The van der Waals surface area contributed by atoms with E-state index in [0.717, 1.165) is 70.6 Å². The van der Waals surface area contributed by atoms with Crippen LogP contribution in [0.15, 0.2) is 182 Å². The molecule has 0 radical (unpaired) electrons. The second kappa shape index (κ2) is 55.1. The maximum absolute atomic E-state index is 12.8. The van der Waals surface area contributed by atoms with E-state index >= 15 is 0 Å². The van der Waals surface area contributed by atoms with Crippen molar-refractivity contribution in [1.82, 2.24) is 0 Å². The molecule has 0 aromatic heterocycles. The number of ether oxygens (including phenoxy) is 3. The van der Waals surface area contributed by atoms with Crippen molar-refractivity contribution >= 4 is 17.9 Å². The third-order valence-electron chi connectivity index (χ3n) is 10.2. The Labute approximate surface area is 421 Å². The third-order valence-corrected chi connectivity index (χ3v) is 10.2. The quantitative estimate of drug-likeness (QED) is 0.0199. The molecule has 0 aliphatic heterocycles. The van der Waals surface area contributed by atoms with Crippen molar-refractivity contribution in [3.8, 4) is 0 Å². The topological polar surface area (TPSA) is 78.9 Å². The van der Waals surface area contributed by atoms with Crippen molar-refractivity contribution in [3.05, 3.63) is 182 Å². The Morgan fingerprint density at radius 2 is 0.638 bits per heavy atom. The fourth-order valence-corrected chi connectivity index (χ4v) is 6.28. The van der Waals surface area contributed by atoms with Gasteiger partial charge in [0.1, 0.15) is 13.2 Å². The van der Waals surface area contributed by atoms with Crippen molar-refractivity contribution in [3.63, 3.8) is 0 Å². The fraction of sp³-hybridized carbons (Fsp3) is 0.476. The van der Waals surface area contributed by atoms with Crippen LogP contribution in [0.2, 0.25) is 0 Å². The Hall–Kier alpha value is -5.49.